The van der Waals surface area contributed by atoms with Gasteiger partial charge in [-0.15, -0.1) is 5.10 Å². The van der Waals surface area contributed by atoms with Crippen LogP contribution in [0.3, 0.4) is 0 Å². The molecule has 106 valence electrons. The summed E-state index contributed by atoms with van der Waals surface area (Å²) in [6.45, 7) is 1.88. The number of aromatic nitrogens is 3. The van der Waals surface area contributed by atoms with Crippen molar-refractivity contribution in [2.45, 2.75) is 13.5 Å². The fourth-order valence-corrected chi connectivity index (χ4v) is 2.27. The first-order valence-electron chi connectivity index (χ1n) is 6.35. The first-order chi connectivity index (χ1) is 10.1. The third-order valence-electron chi connectivity index (χ3n) is 3.42. The second-order valence-electron chi connectivity index (χ2n) is 4.69. The van der Waals surface area contributed by atoms with E-state index in [0.717, 1.165) is 0 Å². The molecular weight excluding hydrogens is 272 g/mol. The van der Waals surface area contributed by atoms with Crippen molar-refractivity contribution in [2.75, 3.05) is 0 Å². The van der Waals surface area contributed by atoms with Gasteiger partial charge in [0.2, 0.25) is 0 Å². The van der Waals surface area contributed by atoms with Crippen LogP contribution in [0, 0.1) is 17.0 Å². The number of pyridine rings is 1. The molecule has 0 N–H and O–H groups in total. The summed E-state index contributed by atoms with van der Waals surface area (Å²) in [5.74, 6) is 0. The van der Waals surface area contributed by atoms with Crippen LogP contribution in [0.25, 0.3) is 5.65 Å². The smallest absolute Gasteiger partial charge is 0.258 e. The van der Waals surface area contributed by atoms with Gasteiger partial charge in [0.05, 0.1) is 11.5 Å². The Bertz CT molecular complexity index is 895. The summed E-state index contributed by atoms with van der Waals surface area (Å²) >= 11 is 0. The predicted octanol–water partition coefficient (Wildman–Crippen LogP) is 1.76. The van der Waals surface area contributed by atoms with Gasteiger partial charge >= 0.3 is 5.69 Å². The van der Waals surface area contributed by atoms with E-state index in [2.05, 4.69) is 5.10 Å². The van der Waals surface area contributed by atoms with Crippen LogP contribution in [0.1, 0.15) is 11.1 Å². The highest BCUT2D eigenvalue weighted by atomic mass is 16.6. The van der Waals surface area contributed by atoms with E-state index in [1.807, 2.05) is 0 Å². The predicted molar refractivity (Wildman–Crippen MR) is 76.4 cm³/mol. The summed E-state index contributed by atoms with van der Waals surface area (Å²) < 4.78 is 2.74. The van der Waals surface area contributed by atoms with E-state index in [4.69, 9.17) is 0 Å². The van der Waals surface area contributed by atoms with Gasteiger partial charge in [-0.2, -0.15) is 0 Å². The van der Waals surface area contributed by atoms with Crippen LogP contribution in [0.15, 0.2) is 47.4 Å². The molecule has 0 saturated carbocycles. The van der Waals surface area contributed by atoms with Crippen molar-refractivity contribution in [2.24, 2.45) is 0 Å². The quantitative estimate of drug-likeness (QED) is 0.542. The second kappa shape index (κ2) is 4.86. The van der Waals surface area contributed by atoms with Crippen LogP contribution in [-0.4, -0.2) is 19.1 Å². The lowest BCUT2D eigenvalue weighted by atomic mass is 10.1. The molecule has 21 heavy (non-hydrogen) atoms. The molecule has 0 fully saturated rings. The number of hydrogen-bond acceptors (Lipinski definition) is 4. The third kappa shape index (κ3) is 2.18. The molecule has 0 radical (unpaired) electrons. The maximum absolute atomic E-state index is 12.2. The number of nitro benzene ring substituents is 1. The summed E-state index contributed by atoms with van der Waals surface area (Å²) in [6, 6.07) is 10.1. The van der Waals surface area contributed by atoms with Crippen LogP contribution >= 0.6 is 0 Å². The van der Waals surface area contributed by atoms with Crippen molar-refractivity contribution in [1.29, 1.82) is 0 Å². The molecule has 0 unspecified atom stereocenters. The topological polar surface area (TPSA) is 82.4 Å². The lowest BCUT2D eigenvalue weighted by Gasteiger charge is -2.05. The van der Waals surface area contributed by atoms with Crippen LogP contribution < -0.4 is 5.69 Å². The molecule has 1 aromatic carbocycles. The zero-order valence-corrected chi connectivity index (χ0v) is 11.3. The molecule has 0 bridgehead atoms. The Hall–Kier alpha value is -2.96. The molecular formula is C14H12N4O3. The van der Waals surface area contributed by atoms with E-state index < -0.39 is 4.92 Å². The van der Waals surface area contributed by atoms with Gasteiger partial charge < -0.3 is 0 Å². The number of benzene rings is 1. The minimum absolute atomic E-state index is 0.0457. The van der Waals surface area contributed by atoms with E-state index >= 15 is 0 Å². The van der Waals surface area contributed by atoms with Gasteiger partial charge in [0.1, 0.15) is 0 Å². The third-order valence-corrected chi connectivity index (χ3v) is 3.42. The van der Waals surface area contributed by atoms with Gasteiger partial charge in [0.25, 0.3) is 5.69 Å². The molecule has 2 aromatic heterocycles. The SMILES string of the molecule is Cc1c(Cn2nc3ccccn3c2=O)cccc1[N+](=O)[O-]. The van der Waals surface area contributed by atoms with E-state index in [0.29, 0.717) is 16.8 Å². The molecule has 3 aromatic rings. The van der Waals surface area contributed by atoms with Crippen molar-refractivity contribution in [1.82, 2.24) is 14.2 Å². The number of nitro groups is 1. The molecule has 0 saturated heterocycles. The number of fused-ring (bicyclic) bond motifs is 1. The fourth-order valence-electron chi connectivity index (χ4n) is 2.27. The minimum Gasteiger partial charge on any atom is -0.258 e. The standard InChI is InChI=1S/C14H12N4O3/c1-10-11(5-4-6-12(10)18(20)21)9-17-14(19)16-8-3-2-7-13(16)15-17/h2-8H,9H2,1H3. The van der Waals surface area contributed by atoms with Crippen molar-refractivity contribution >= 4 is 11.3 Å². The molecule has 3 rings (SSSR count). The summed E-state index contributed by atoms with van der Waals surface area (Å²) in [7, 11) is 0. The van der Waals surface area contributed by atoms with Gasteiger partial charge in [-0.3, -0.25) is 14.5 Å². The minimum atomic E-state index is -0.425. The monoisotopic (exact) mass is 284 g/mol. The molecule has 0 aliphatic heterocycles. The highest BCUT2D eigenvalue weighted by Crippen LogP contribution is 2.21. The largest absolute Gasteiger partial charge is 0.350 e. The Kier molecular flexibility index (Phi) is 3.02. The molecule has 0 aliphatic carbocycles. The van der Waals surface area contributed by atoms with Gasteiger partial charge in [-0.1, -0.05) is 18.2 Å². The van der Waals surface area contributed by atoms with Crippen LogP contribution in [0.2, 0.25) is 0 Å². The lowest BCUT2D eigenvalue weighted by molar-refractivity contribution is -0.385. The number of rotatable bonds is 3. The molecule has 7 heteroatoms. The van der Waals surface area contributed by atoms with Crippen LogP contribution in [0.5, 0.6) is 0 Å². The Labute approximate surface area is 119 Å². The van der Waals surface area contributed by atoms with Crippen molar-refractivity contribution in [3.63, 3.8) is 0 Å². The molecule has 2 heterocycles. The molecule has 7 nitrogen and oxygen atoms in total. The van der Waals surface area contributed by atoms with Crippen molar-refractivity contribution in [3.05, 3.63) is 74.3 Å². The molecule has 0 spiro atoms. The van der Waals surface area contributed by atoms with Gasteiger partial charge in [-0.25, -0.2) is 9.48 Å². The molecule has 0 atom stereocenters. The second-order valence-corrected chi connectivity index (χ2v) is 4.69. The van der Waals surface area contributed by atoms with Crippen LogP contribution in [-0.2, 0) is 6.54 Å². The maximum Gasteiger partial charge on any atom is 0.350 e. The average molecular weight is 284 g/mol. The first kappa shape index (κ1) is 13.0. The number of nitrogens with zero attached hydrogens (tertiary/aromatic N) is 4. The fraction of sp³-hybridized carbons (Fsp3) is 0.143. The van der Waals surface area contributed by atoms with E-state index in [1.54, 1.807) is 43.5 Å². The maximum atomic E-state index is 12.2. The Morgan fingerprint density at radius 1 is 1.24 bits per heavy atom. The van der Waals surface area contributed by atoms with Crippen LogP contribution in [0.4, 0.5) is 5.69 Å². The van der Waals surface area contributed by atoms with Gasteiger partial charge in [0, 0.05) is 17.8 Å². The highest BCUT2D eigenvalue weighted by molar-refractivity contribution is 5.44. The highest BCUT2D eigenvalue weighted by Gasteiger charge is 2.15. The zero-order chi connectivity index (χ0) is 15.0. The molecule has 0 aliphatic rings. The summed E-state index contributed by atoms with van der Waals surface area (Å²) in [6.07, 6.45) is 1.64. The first-order valence-corrected chi connectivity index (χ1v) is 6.35. The summed E-state index contributed by atoms with van der Waals surface area (Å²) in [5.41, 5.74) is 1.58. The van der Waals surface area contributed by atoms with Crippen molar-refractivity contribution < 1.29 is 4.92 Å². The Morgan fingerprint density at radius 2 is 2.05 bits per heavy atom. The molecule has 0 amide bonds. The Balaban J connectivity index is 2.07. The van der Waals surface area contributed by atoms with Gasteiger partial charge in [0.15, 0.2) is 5.65 Å². The van der Waals surface area contributed by atoms with E-state index in [-0.39, 0.29) is 17.9 Å². The summed E-state index contributed by atoms with van der Waals surface area (Å²) in [5, 5.41) is 15.2. The van der Waals surface area contributed by atoms with E-state index in [1.165, 1.54) is 15.1 Å². The van der Waals surface area contributed by atoms with Crippen molar-refractivity contribution in [3.8, 4) is 0 Å². The normalized spacial score (nSPS) is 10.9. The summed E-state index contributed by atoms with van der Waals surface area (Å²) in [4.78, 5) is 22.7. The average Bonchev–Trinajstić information content (AvgIpc) is 2.78. The number of hydrogen-bond donors (Lipinski definition) is 0. The lowest BCUT2D eigenvalue weighted by Crippen LogP contribution is -2.22. The zero-order valence-electron chi connectivity index (χ0n) is 11.3. The Morgan fingerprint density at radius 3 is 2.76 bits per heavy atom. The van der Waals surface area contributed by atoms with Gasteiger partial charge in [-0.05, 0) is 24.6 Å². The van der Waals surface area contributed by atoms with E-state index in [9.17, 15) is 14.9 Å².